The second kappa shape index (κ2) is 8.13. The van der Waals surface area contributed by atoms with Gasteiger partial charge in [0.25, 0.3) is 5.91 Å². The number of carbonyl (C=O) groups excluding carboxylic acids is 2. The molecule has 0 saturated carbocycles. The molecule has 0 aliphatic heterocycles. The molecule has 0 saturated heterocycles. The molecule has 0 aromatic heterocycles. The first-order valence-electron chi connectivity index (χ1n) is 6.47. The zero-order valence-electron chi connectivity index (χ0n) is 11.1. The van der Waals surface area contributed by atoms with Crippen LogP contribution < -0.4 is 10.6 Å². The molecule has 1 aromatic rings. The summed E-state index contributed by atoms with van der Waals surface area (Å²) in [6, 6.07) is 6.13. The van der Waals surface area contributed by atoms with Crippen molar-refractivity contribution < 1.29 is 14.7 Å². The summed E-state index contributed by atoms with van der Waals surface area (Å²) < 4.78 is 0. The molecule has 0 spiro atoms. The maximum absolute atomic E-state index is 11.7. The summed E-state index contributed by atoms with van der Waals surface area (Å²) in [5, 5.41) is 14.7. The Bertz CT molecular complexity index is 432. The van der Waals surface area contributed by atoms with Crippen LogP contribution in [0.3, 0.4) is 0 Å². The Labute approximate surface area is 113 Å². The first kappa shape index (κ1) is 15.0. The molecule has 0 radical (unpaired) electrons. The Morgan fingerprint density at radius 1 is 1.21 bits per heavy atom. The molecule has 5 nitrogen and oxygen atoms in total. The molecule has 5 heteroatoms. The van der Waals surface area contributed by atoms with Gasteiger partial charge in [-0.1, -0.05) is 19.4 Å². The molecule has 1 aromatic carbocycles. The number of amides is 2. The van der Waals surface area contributed by atoms with E-state index in [4.69, 9.17) is 0 Å². The molecule has 1 rings (SSSR count). The number of nitrogens with one attached hydrogen (secondary N) is 2. The summed E-state index contributed by atoms with van der Waals surface area (Å²) in [6.07, 6.45) is 2.39. The van der Waals surface area contributed by atoms with Gasteiger partial charge in [0.05, 0.1) is 0 Å². The fourth-order valence-electron chi connectivity index (χ4n) is 1.55. The SMILES string of the molecule is CCCCC(=O)NCCNC(=O)c1cccc(O)c1. The summed E-state index contributed by atoms with van der Waals surface area (Å²) in [5.41, 5.74) is 0.400. The van der Waals surface area contributed by atoms with Crippen molar-refractivity contribution in [2.24, 2.45) is 0 Å². The largest absolute Gasteiger partial charge is 0.508 e. The topological polar surface area (TPSA) is 78.4 Å². The van der Waals surface area contributed by atoms with Gasteiger partial charge in [-0.15, -0.1) is 0 Å². The van der Waals surface area contributed by atoms with Crippen LogP contribution in [0.4, 0.5) is 0 Å². The van der Waals surface area contributed by atoms with Gasteiger partial charge in [-0.05, 0) is 24.6 Å². The van der Waals surface area contributed by atoms with Crippen LogP contribution in [-0.4, -0.2) is 30.0 Å². The van der Waals surface area contributed by atoms with Gasteiger partial charge in [0.15, 0.2) is 0 Å². The Kier molecular flexibility index (Phi) is 6.43. The summed E-state index contributed by atoms with van der Waals surface area (Å²) in [4.78, 5) is 23.0. The Morgan fingerprint density at radius 3 is 2.63 bits per heavy atom. The molecule has 2 amide bonds. The lowest BCUT2D eigenvalue weighted by molar-refractivity contribution is -0.121. The Balaban J connectivity index is 2.22. The van der Waals surface area contributed by atoms with Crippen molar-refractivity contribution >= 4 is 11.8 Å². The molecule has 0 aliphatic rings. The number of hydrogen-bond acceptors (Lipinski definition) is 3. The van der Waals surface area contributed by atoms with E-state index in [2.05, 4.69) is 10.6 Å². The second-order valence-corrected chi connectivity index (χ2v) is 4.26. The van der Waals surface area contributed by atoms with E-state index in [9.17, 15) is 14.7 Å². The fourth-order valence-corrected chi connectivity index (χ4v) is 1.55. The number of carbonyl (C=O) groups is 2. The lowest BCUT2D eigenvalue weighted by atomic mass is 10.2. The molecule has 0 atom stereocenters. The van der Waals surface area contributed by atoms with Crippen molar-refractivity contribution in [2.75, 3.05) is 13.1 Å². The lowest BCUT2D eigenvalue weighted by Crippen LogP contribution is -2.34. The van der Waals surface area contributed by atoms with Gasteiger partial charge < -0.3 is 15.7 Å². The highest BCUT2D eigenvalue weighted by Gasteiger charge is 2.05. The van der Waals surface area contributed by atoms with Gasteiger partial charge in [-0.2, -0.15) is 0 Å². The molecule has 19 heavy (non-hydrogen) atoms. The fraction of sp³-hybridized carbons (Fsp3) is 0.429. The third kappa shape index (κ3) is 5.90. The normalized spacial score (nSPS) is 9.95. The number of unbranched alkanes of at least 4 members (excludes halogenated alkanes) is 1. The average Bonchev–Trinajstić information content (AvgIpc) is 2.41. The number of benzene rings is 1. The maximum atomic E-state index is 11.7. The zero-order valence-corrected chi connectivity index (χ0v) is 11.1. The van der Waals surface area contributed by atoms with Crippen LogP contribution in [0.15, 0.2) is 24.3 Å². The lowest BCUT2D eigenvalue weighted by Gasteiger charge is -2.07. The highest BCUT2D eigenvalue weighted by Crippen LogP contribution is 2.10. The molecule has 0 bridgehead atoms. The van der Waals surface area contributed by atoms with Crippen molar-refractivity contribution in [1.29, 1.82) is 0 Å². The molecule has 104 valence electrons. The van der Waals surface area contributed by atoms with Crippen molar-refractivity contribution in [3.63, 3.8) is 0 Å². The number of phenolic OH excluding ortho intramolecular Hbond substituents is 1. The van der Waals surface area contributed by atoms with Crippen molar-refractivity contribution in [3.05, 3.63) is 29.8 Å². The molecule has 0 unspecified atom stereocenters. The zero-order chi connectivity index (χ0) is 14.1. The third-order valence-corrected chi connectivity index (χ3v) is 2.60. The minimum Gasteiger partial charge on any atom is -0.508 e. The number of hydrogen-bond donors (Lipinski definition) is 3. The van der Waals surface area contributed by atoms with E-state index in [1.165, 1.54) is 12.1 Å². The predicted molar refractivity (Wildman–Crippen MR) is 73.0 cm³/mol. The van der Waals surface area contributed by atoms with E-state index in [0.29, 0.717) is 25.1 Å². The monoisotopic (exact) mass is 264 g/mol. The van der Waals surface area contributed by atoms with E-state index in [1.807, 2.05) is 6.92 Å². The second-order valence-electron chi connectivity index (χ2n) is 4.26. The van der Waals surface area contributed by atoms with Gasteiger partial charge in [0, 0.05) is 25.1 Å². The number of aromatic hydroxyl groups is 1. The first-order valence-corrected chi connectivity index (χ1v) is 6.47. The van der Waals surface area contributed by atoms with Crippen LogP contribution >= 0.6 is 0 Å². The van der Waals surface area contributed by atoms with Crippen LogP contribution in [0.5, 0.6) is 5.75 Å². The van der Waals surface area contributed by atoms with Crippen molar-refractivity contribution in [1.82, 2.24) is 10.6 Å². The van der Waals surface area contributed by atoms with Crippen molar-refractivity contribution in [3.8, 4) is 5.75 Å². The highest BCUT2D eigenvalue weighted by molar-refractivity contribution is 5.94. The third-order valence-electron chi connectivity index (χ3n) is 2.60. The highest BCUT2D eigenvalue weighted by atomic mass is 16.3. The van der Waals surface area contributed by atoms with E-state index < -0.39 is 0 Å². The average molecular weight is 264 g/mol. The van der Waals surface area contributed by atoms with Crippen molar-refractivity contribution in [2.45, 2.75) is 26.2 Å². The van der Waals surface area contributed by atoms with E-state index >= 15 is 0 Å². The molecule has 3 N–H and O–H groups in total. The van der Waals surface area contributed by atoms with Gasteiger partial charge in [-0.3, -0.25) is 9.59 Å². The summed E-state index contributed by atoms with van der Waals surface area (Å²) in [5.74, 6) is -0.201. The predicted octanol–water partition coefficient (Wildman–Crippen LogP) is 1.43. The van der Waals surface area contributed by atoms with E-state index in [0.717, 1.165) is 12.8 Å². The van der Waals surface area contributed by atoms with E-state index in [-0.39, 0.29) is 17.6 Å². The van der Waals surface area contributed by atoms with Crippen LogP contribution in [0.2, 0.25) is 0 Å². The van der Waals surface area contributed by atoms with Gasteiger partial charge >= 0.3 is 0 Å². The van der Waals surface area contributed by atoms with Gasteiger partial charge in [0.1, 0.15) is 5.75 Å². The van der Waals surface area contributed by atoms with Crippen LogP contribution in [0.1, 0.15) is 36.5 Å². The summed E-state index contributed by atoms with van der Waals surface area (Å²) >= 11 is 0. The maximum Gasteiger partial charge on any atom is 0.251 e. The molecule has 0 heterocycles. The van der Waals surface area contributed by atoms with Gasteiger partial charge in [-0.25, -0.2) is 0 Å². The molecular formula is C14H20N2O3. The quantitative estimate of drug-likeness (QED) is 0.652. The van der Waals surface area contributed by atoms with Crippen LogP contribution in [0.25, 0.3) is 0 Å². The number of rotatable bonds is 7. The van der Waals surface area contributed by atoms with Gasteiger partial charge in [0.2, 0.25) is 5.91 Å². The smallest absolute Gasteiger partial charge is 0.251 e. The molecule has 0 fully saturated rings. The first-order chi connectivity index (χ1) is 9.13. The Hall–Kier alpha value is -2.04. The Morgan fingerprint density at radius 2 is 1.95 bits per heavy atom. The minimum atomic E-state index is -0.265. The van der Waals surface area contributed by atoms with Crippen LogP contribution in [-0.2, 0) is 4.79 Å². The summed E-state index contributed by atoms with van der Waals surface area (Å²) in [7, 11) is 0. The summed E-state index contributed by atoms with van der Waals surface area (Å²) in [6.45, 7) is 2.81. The minimum absolute atomic E-state index is 0.00783. The standard InChI is InChI=1S/C14H20N2O3/c1-2-3-7-13(18)15-8-9-16-14(19)11-5-4-6-12(17)10-11/h4-6,10,17H,2-3,7-9H2,1H3,(H,15,18)(H,16,19). The van der Waals surface area contributed by atoms with E-state index in [1.54, 1.807) is 12.1 Å². The molecule has 0 aliphatic carbocycles. The number of phenols is 1. The van der Waals surface area contributed by atoms with Crippen LogP contribution in [0, 0.1) is 0 Å². The molecular weight excluding hydrogens is 244 g/mol.